The molecule has 0 saturated carbocycles. The fourth-order valence-electron chi connectivity index (χ4n) is 1.46. The zero-order chi connectivity index (χ0) is 14.5. The molecule has 0 spiro atoms. The van der Waals surface area contributed by atoms with Gasteiger partial charge in [-0.05, 0) is 24.1 Å². The number of sulfonamides is 1. The lowest BCUT2D eigenvalue weighted by Gasteiger charge is -2.11. The minimum atomic E-state index is -3.72. The molecular formula is C12H18N2O4S. The van der Waals surface area contributed by atoms with Crippen molar-refractivity contribution in [3.8, 4) is 0 Å². The summed E-state index contributed by atoms with van der Waals surface area (Å²) in [5.41, 5.74) is 0.898. The molecule has 0 aliphatic heterocycles. The summed E-state index contributed by atoms with van der Waals surface area (Å²) in [6, 6.07) is 6.52. The summed E-state index contributed by atoms with van der Waals surface area (Å²) >= 11 is 0. The molecule has 1 atom stereocenters. The topological polar surface area (TPSA) is 95.5 Å². The quantitative estimate of drug-likeness (QED) is 0.665. The Balaban J connectivity index is 2.78. The summed E-state index contributed by atoms with van der Waals surface area (Å²) in [7, 11) is -2.35. The van der Waals surface area contributed by atoms with Crippen LogP contribution in [0.15, 0.2) is 29.2 Å². The molecule has 1 aromatic carbocycles. The molecule has 1 aromatic rings. The number of carbonyl (C=O) groups is 1. The molecule has 0 aliphatic carbocycles. The van der Waals surface area contributed by atoms with E-state index in [-0.39, 0.29) is 11.4 Å². The molecule has 7 heteroatoms. The van der Waals surface area contributed by atoms with E-state index < -0.39 is 22.0 Å². The van der Waals surface area contributed by atoms with Crippen molar-refractivity contribution >= 4 is 15.9 Å². The normalized spacial score (nSPS) is 13.0. The molecule has 106 valence electrons. The number of rotatable bonds is 6. The number of aliphatic hydroxyl groups is 1. The number of nitrogens with one attached hydrogen (secondary N) is 2. The fraction of sp³-hybridized carbons (Fsp3) is 0.417. The third kappa shape index (κ3) is 4.30. The van der Waals surface area contributed by atoms with Gasteiger partial charge in [-0.3, -0.25) is 4.79 Å². The third-order valence-electron chi connectivity index (χ3n) is 2.63. The molecule has 19 heavy (non-hydrogen) atoms. The van der Waals surface area contributed by atoms with E-state index in [1.807, 2.05) is 13.0 Å². The van der Waals surface area contributed by atoms with Crippen LogP contribution < -0.4 is 10.0 Å². The summed E-state index contributed by atoms with van der Waals surface area (Å²) in [6.07, 6.45) is -0.682. The van der Waals surface area contributed by atoms with Crippen LogP contribution in [0.25, 0.3) is 0 Å². The monoisotopic (exact) mass is 286 g/mol. The number of hydrogen-bond acceptors (Lipinski definition) is 4. The van der Waals surface area contributed by atoms with Crippen LogP contribution in [0.1, 0.15) is 12.5 Å². The van der Waals surface area contributed by atoms with Crippen molar-refractivity contribution in [1.82, 2.24) is 10.0 Å². The first-order valence-corrected chi connectivity index (χ1v) is 7.37. The van der Waals surface area contributed by atoms with Crippen molar-refractivity contribution in [3.63, 3.8) is 0 Å². The molecule has 0 aliphatic rings. The van der Waals surface area contributed by atoms with Crippen LogP contribution in [-0.4, -0.2) is 39.1 Å². The second-order valence-electron chi connectivity index (χ2n) is 3.98. The Morgan fingerprint density at radius 1 is 1.42 bits per heavy atom. The van der Waals surface area contributed by atoms with Gasteiger partial charge in [-0.25, -0.2) is 13.1 Å². The first kappa shape index (κ1) is 15.6. The maximum Gasteiger partial charge on any atom is 0.249 e. The van der Waals surface area contributed by atoms with Crippen LogP contribution in [-0.2, 0) is 21.2 Å². The van der Waals surface area contributed by atoms with E-state index in [0.29, 0.717) is 0 Å². The zero-order valence-corrected chi connectivity index (χ0v) is 11.7. The van der Waals surface area contributed by atoms with Gasteiger partial charge in [-0.2, -0.15) is 0 Å². The van der Waals surface area contributed by atoms with Crippen LogP contribution in [0.4, 0.5) is 0 Å². The number of amides is 1. The zero-order valence-electron chi connectivity index (χ0n) is 10.9. The van der Waals surface area contributed by atoms with Gasteiger partial charge in [0.2, 0.25) is 15.9 Å². The predicted molar refractivity (Wildman–Crippen MR) is 71.1 cm³/mol. The van der Waals surface area contributed by atoms with Crippen molar-refractivity contribution in [2.24, 2.45) is 0 Å². The van der Waals surface area contributed by atoms with Gasteiger partial charge < -0.3 is 10.4 Å². The van der Waals surface area contributed by atoms with E-state index in [2.05, 4.69) is 10.0 Å². The Hall–Kier alpha value is -1.44. The SMILES string of the molecule is CCc1cccc(S(=O)(=O)NC[C@@H](O)C(=O)NC)c1. The molecule has 0 radical (unpaired) electrons. The van der Waals surface area contributed by atoms with Crippen molar-refractivity contribution in [3.05, 3.63) is 29.8 Å². The summed E-state index contributed by atoms with van der Waals surface area (Å²) in [4.78, 5) is 11.2. The van der Waals surface area contributed by atoms with Crippen molar-refractivity contribution < 1.29 is 18.3 Å². The van der Waals surface area contributed by atoms with Gasteiger partial charge in [0.05, 0.1) is 4.90 Å². The maximum atomic E-state index is 12.0. The molecule has 6 nitrogen and oxygen atoms in total. The highest BCUT2D eigenvalue weighted by Gasteiger charge is 2.19. The van der Waals surface area contributed by atoms with Gasteiger partial charge in [0.25, 0.3) is 0 Å². The van der Waals surface area contributed by atoms with E-state index in [4.69, 9.17) is 0 Å². The van der Waals surface area contributed by atoms with E-state index in [9.17, 15) is 18.3 Å². The average Bonchev–Trinajstić information content (AvgIpc) is 2.43. The summed E-state index contributed by atoms with van der Waals surface area (Å²) in [5.74, 6) is -0.634. The minimum Gasteiger partial charge on any atom is -0.382 e. The standard InChI is InChI=1S/C12H18N2O4S/c1-3-9-5-4-6-10(7-9)19(17,18)14-8-11(15)12(16)13-2/h4-7,11,14-15H,3,8H2,1-2H3,(H,13,16)/t11-/m1/s1. The third-order valence-corrected chi connectivity index (χ3v) is 4.05. The van der Waals surface area contributed by atoms with Gasteiger partial charge in [-0.1, -0.05) is 19.1 Å². The van der Waals surface area contributed by atoms with Crippen LogP contribution in [0.3, 0.4) is 0 Å². The Morgan fingerprint density at radius 2 is 2.11 bits per heavy atom. The van der Waals surface area contributed by atoms with Crippen LogP contribution in [0, 0.1) is 0 Å². The highest BCUT2D eigenvalue weighted by atomic mass is 32.2. The van der Waals surface area contributed by atoms with Gasteiger partial charge in [0.15, 0.2) is 0 Å². The number of aliphatic hydroxyl groups excluding tert-OH is 1. The van der Waals surface area contributed by atoms with E-state index in [1.165, 1.54) is 13.1 Å². The first-order chi connectivity index (χ1) is 8.90. The Bertz CT molecular complexity index is 542. The number of hydrogen-bond donors (Lipinski definition) is 3. The molecule has 0 heterocycles. The van der Waals surface area contributed by atoms with E-state index in [0.717, 1.165) is 12.0 Å². The number of carbonyl (C=O) groups excluding carboxylic acids is 1. The second-order valence-corrected chi connectivity index (χ2v) is 5.75. The van der Waals surface area contributed by atoms with E-state index >= 15 is 0 Å². The molecule has 0 saturated heterocycles. The number of likely N-dealkylation sites (N-methyl/N-ethyl adjacent to an activating group) is 1. The lowest BCUT2D eigenvalue weighted by molar-refractivity contribution is -0.128. The summed E-state index contributed by atoms with van der Waals surface area (Å²) in [5, 5.41) is 11.6. The summed E-state index contributed by atoms with van der Waals surface area (Å²) < 4.78 is 26.1. The second kappa shape index (κ2) is 6.65. The molecule has 1 rings (SSSR count). The lowest BCUT2D eigenvalue weighted by Crippen LogP contribution is -2.41. The molecular weight excluding hydrogens is 268 g/mol. The molecule has 0 bridgehead atoms. The van der Waals surface area contributed by atoms with Crippen molar-refractivity contribution in [1.29, 1.82) is 0 Å². The van der Waals surface area contributed by atoms with Crippen molar-refractivity contribution in [2.75, 3.05) is 13.6 Å². The lowest BCUT2D eigenvalue weighted by atomic mass is 10.2. The predicted octanol–water partition coefficient (Wildman–Crippen LogP) is -0.366. The largest absolute Gasteiger partial charge is 0.382 e. The molecule has 1 amide bonds. The van der Waals surface area contributed by atoms with Crippen LogP contribution in [0.5, 0.6) is 0 Å². The smallest absolute Gasteiger partial charge is 0.249 e. The molecule has 0 aromatic heterocycles. The van der Waals surface area contributed by atoms with Crippen molar-refractivity contribution in [2.45, 2.75) is 24.3 Å². The van der Waals surface area contributed by atoms with Crippen LogP contribution in [0.2, 0.25) is 0 Å². The summed E-state index contributed by atoms with van der Waals surface area (Å²) in [6.45, 7) is 1.56. The Labute approximate surface area is 112 Å². The van der Waals surface area contributed by atoms with E-state index in [1.54, 1.807) is 12.1 Å². The maximum absolute atomic E-state index is 12.0. The van der Waals surface area contributed by atoms with Gasteiger partial charge in [-0.15, -0.1) is 0 Å². The van der Waals surface area contributed by atoms with Crippen LogP contribution >= 0.6 is 0 Å². The van der Waals surface area contributed by atoms with Gasteiger partial charge in [0.1, 0.15) is 6.10 Å². The van der Waals surface area contributed by atoms with Gasteiger partial charge in [0, 0.05) is 13.6 Å². The highest BCUT2D eigenvalue weighted by Crippen LogP contribution is 2.11. The molecule has 0 unspecified atom stereocenters. The molecule has 0 fully saturated rings. The first-order valence-electron chi connectivity index (χ1n) is 5.89. The minimum absolute atomic E-state index is 0.121. The number of aryl methyl sites for hydroxylation is 1. The number of benzene rings is 1. The average molecular weight is 286 g/mol. The Morgan fingerprint density at radius 3 is 2.68 bits per heavy atom. The highest BCUT2D eigenvalue weighted by molar-refractivity contribution is 7.89. The molecule has 3 N–H and O–H groups in total. The van der Waals surface area contributed by atoms with Gasteiger partial charge >= 0.3 is 0 Å². The Kier molecular flexibility index (Phi) is 5.46. The fourth-order valence-corrected chi connectivity index (χ4v) is 2.57.